The van der Waals surface area contributed by atoms with Gasteiger partial charge in [0.2, 0.25) is 0 Å². The van der Waals surface area contributed by atoms with Gasteiger partial charge in [0.25, 0.3) is 0 Å². The number of benzene rings is 1. The number of rotatable bonds is 4. The van der Waals surface area contributed by atoms with Crippen molar-refractivity contribution in [2.24, 2.45) is 5.73 Å². The summed E-state index contributed by atoms with van der Waals surface area (Å²) in [5, 5.41) is 0. The summed E-state index contributed by atoms with van der Waals surface area (Å²) in [5.41, 5.74) is 7.94. The van der Waals surface area contributed by atoms with Gasteiger partial charge in [-0.3, -0.25) is 0 Å². The van der Waals surface area contributed by atoms with Crippen LogP contribution in [-0.4, -0.2) is 6.54 Å². The van der Waals surface area contributed by atoms with Crippen LogP contribution in [0.2, 0.25) is 0 Å². The van der Waals surface area contributed by atoms with E-state index in [2.05, 4.69) is 44.2 Å². The van der Waals surface area contributed by atoms with Gasteiger partial charge in [-0.05, 0) is 38.1 Å². The Bertz CT molecular complexity index is 487. The van der Waals surface area contributed by atoms with Crippen molar-refractivity contribution in [1.29, 1.82) is 0 Å². The van der Waals surface area contributed by atoms with Gasteiger partial charge in [0, 0.05) is 11.5 Å². The highest BCUT2D eigenvalue weighted by Gasteiger charge is 2.10. The van der Waals surface area contributed by atoms with E-state index in [1.807, 2.05) is 6.07 Å². The molecule has 2 nitrogen and oxygen atoms in total. The summed E-state index contributed by atoms with van der Waals surface area (Å²) in [6.45, 7) is 4.93. The van der Waals surface area contributed by atoms with Gasteiger partial charge < -0.3 is 10.2 Å². The summed E-state index contributed by atoms with van der Waals surface area (Å²) in [4.78, 5) is 0. The standard InChI is InChI=1S/C15H19NO/c1-11-4-3-5-13(10-11)15-7-6-14(17-15)12(2)8-9-16/h3-7,10,12H,8-9,16H2,1-2H3. The van der Waals surface area contributed by atoms with Crippen LogP contribution in [0, 0.1) is 6.92 Å². The monoisotopic (exact) mass is 229 g/mol. The molecule has 90 valence electrons. The molecule has 1 aromatic carbocycles. The Balaban J connectivity index is 2.23. The van der Waals surface area contributed by atoms with Crippen LogP contribution in [-0.2, 0) is 0 Å². The zero-order valence-corrected chi connectivity index (χ0v) is 10.4. The maximum atomic E-state index is 5.88. The van der Waals surface area contributed by atoms with E-state index in [0.29, 0.717) is 12.5 Å². The topological polar surface area (TPSA) is 39.2 Å². The van der Waals surface area contributed by atoms with Crippen LogP contribution in [0.25, 0.3) is 11.3 Å². The fraction of sp³-hybridized carbons (Fsp3) is 0.333. The van der Waals surface area contributed by atoms with Crippen molar-refractivity contribution in [2.75, 3.05) is 6.54 Å². The molecule has 0 aliphatic heterocycles. The quantitative estimate of drug-likeness (QED) is 0.868. The van der Waals surface area contributed by atoms with E-state index < -0.39 is 0 Å². The van der Waals surface area contributed by atoms with Crippen LogP contribution in [0.3, 0.4) is 0 Å². The van der Waals surface area contributed by atoms with Crippen molar-refractivity contribution in [3.05, 3.63) is 47.7 Å². The third-order valence-corrected chi connectivity index (χ3v) is 3.01. The second kappa shape index (κ2) is 5.19. The molecular weight excluding hydrogens is 210 g/mol. The van der Waals surface area contributed by atoms with Crippen molar-refractivity contribution in [2.45, 2.75) is 26.2 Å². The lowest BCUT2D eigenvalue weighted by Gasteiger charge is -2.05. The molecule has 2 N–H and O–H groups in total. The lowest BCUT2D eigenvalue weighted by molar-refractivity contribution is 0.474. The zero-order valence-electron chi connectivity index (χ0n) is 10.4. The molecule has 1 aromatic heterocycles. The molecule has 0 aliphatic rings. The molecule has 0 bridgehead atoms. The van der Waals surface area contributed by atoms with Crippen molar-refractivity contribution in [3.63, 3.8) is 0 Å². The lowest BCUT2D eigenvalue weighted by atomic mass is 10.1. The SMILES string of the molecule is Cc1cccc(-c2ccc(C(C)CCN)o2)c1. The van der Waals surface area contributed by atoms with E-state index in [4.69, 9.17) is 10.2 Å². The maximum absolute atomic E-state index is 5.88. The maximum Gasteiger partial charge on any atom is 0.134 e. The number of hydrogen-bond acceptors (Lipinski definition) is 2. The third-order valence-electron chi connectivity index (χ3n) is 3.01. The van der Waals surface area contributed by atoms with Crippen LogP contribution >= 0.6 is 0 Å². The Morgan fingerprint density at radius 3 is 2.76 bits per heavy atom. The smallest absolute Gasteiger partial charge is 0.134 e. The van der Waals surface area contributed by atoms with Crippen molar-refractivity contribution >= 4 is 0 Å². The van der Waals surface area contributed by atoms with E-state index in [-0.39, 0.29) is 0 Å². The molecule has 1 heterocycles. The highest BCUT2D eigenvalue weighted by molar-refractivity contribution is 5.58. The van der Waals surface area contributed by atoms with E-state index in [9.17, 15) is 0 Å². The van der Waals surface area contributed by atoms with Crippen molar-refractivity contribution in [3.8, 4) is 11.3 Å². The van der Waals surface area contributed by atoms with Crippen molar-refractivity contribution in [1.82, 2.24) is 0 Å². The Morgan fingerprint density at radius 1 is 1.24 bits per heavy atom. The van der Waals surface area contributed by atoms with Crippen molar-refractivity contribution < 1.29 is 4.42 Å². The second-order valence-electron chi connectivity index (χ2n) is 4.55. The minimum absolute atomic E-state index is 0.388. The second-order valence-corrected chi connectivity index (χ2v) is 4.55. The number of hydrogen-bond donors (Lipinski definition) is 1. The molecule has 0 spiro atoms. The Hall–Kier alpha value is -1.54. The first-order chi connectivity index (χ1) is 8.20. The normalized spacial score (nSPS) is 12.6. The average molecular weight is 229 g/mol. The van der Waals surface area contributed by atoms with Gasteiger partial charge in [-0.15, -0.1) is 0 Å². The van der Waals surface area contributed by atoms with E-state index in [1.165, 1.54) is 5.56 Å². The zero-order chi connectivity index (χ0) is 12.3. The molecular formula is C15H19NO. The Morgan fingerprint density at radius 2 is 2.06 bits per heavy atom. The summed E-state index contributed by atoms with van der Waals surface area (Å²) in [7, 11) is 0. The molecule has 1 atom stereocenters. The van der Waals surface area contributed by atoms with E-state index >= 15 is 0 Å². The predicted molar refractivity (Wildman–Crippen MR) is 71.0 cm³/mol. The minimum atomic E-state index is 0.388. The first-order valence-electron chi connectivity index (χ1n) is 6.07. The Labute approximate surface area is 102 Å². The van der Waals surface area contributed by atoms with E-state index in [0.717, 1.165) is 23.5 Å². The van der Waals surface area contributed by atoms with Gasteiger partial charge in [-0.25, -0.2) is 0 Å². The molecule has 17 heavy (non-hydrogen) atoms. The third kappa shape index (κ3) is 2.77. The largest absolute Gasteiger partial charge is 0.461 e. The molecule has 0 saturated carbocycles. The highest BCUT2D eigenvalue weighted by Crippen LogP contribution is 2.27. The number of furan rings is 1. The predicted octanol–water partition coefficient (Wildman–Crippen LogP) is 3.71. The molecule has 0 amide bonds. The first-order valence-corrected chi connectivity index (χ1v) is 6.07. The Kier molecular flexibility index (Phi) is 3.64. The van der Waals surface area contributed by atoms with Crippen LogP contribution in [0.15, 0.2) is 40.8 Å². The van der Waals surface area contributed by atoms with Crippen LogP contribution in [0.5, 0.6) is 0 Å². The molecule has 0 radical (unpaired) electrons. The fourth-order valence-electron chi connectivity index (χ4n) is 1.96. The molecule has 2 rings (SSSR count). The average Bonchev–Trinajstić information content (AvgIpc) is 2.78. The van der Waals surface area contributed by atoms with Crippen LogP contribution in [0.1, 0.15) is 30.6 Å². The van der Waals surface area contributed by atoms with Crippen LogP contribution in [0.4, 0.5) is 0 Å². The van der Waals surface area contributed by atoms with Gasteiger partial charge >= 0.3 is 0 Å². The summed E-state index contributed by atoms with van der Waals surface area (Å²) in [6.07, 6.45) is 0.959. The fourth-order valence-corrected chi connectivity index (χ4v) is 1.96. The molecule has 0 aliphatic carbocycles. The van der Waals surface area contributed by atoms with Gasteiger partial charge in [0.1, 0.15) is 11.5 Å². The molecule has 0 saturated heterocycles. The summed E-state index contributed by atoms with van der Waals surface area (Å²) >= 11 is 0. The molecule has 2 heteroatoms. The first kappa shape index (κ1) is 11.9. The van der Waals surface area contributed by atoms with E-state index in [1.54, 1.807) is 0 Å². The number of aryl methyl sites for hydroxylation is 1. The number of nitrogens with two attached hydrogens (primary N) is 1. The summed E-state index contributed by atoms with van der Waals surface area (Å²) in [5.74, 6) is 2.35. The van der Waals surface area contributed by atoms with Crippen LogP contribution < -0.4 is 5.73 Å². The highest BCUT2D eigenvalue weighted by atomic mass is 16.3. The minimum Gasteiger partial charge on any atom is -0.461 e. The van der Waals surface area contributed by atoms with Gasteiger partial charge in [-0.1, -0.05) is 30.7 Å². The molecule has 2 aromatic rings. The molecule has 1 unspecified atom stereocenters. The van der Waals surface area contributed by atoms with Gasteiger partial charge in [-0.2, -0.15) is 0 Å². The van der Waals surface area contributed by atoms with Gasteiger partial charge in [0.15, 0.2) is 0 Å². The molecule has 0 fully saturated rings. The van der Waals surface area contributed by atoms with Gasteiger partial charge in [0.05, 0.1) is 0 Å². The summed E-state index contributed by atoms with van der Waals surface area (Å²) in [6, 6.07) is 12.4. The summed E-state index contributed by atoms with van der Waals surface area (Å²) < 4.78 is 5.88. The lowest BCUT2D eigenvalue weighted by Crippen LogP contribution is -2.03.